The van der Waals surface area contributed by atoms with Crippen LogP contribution in [0, 0.1) is 12.8 Å². The van der Waals surface area contributed by atoms with Crippen LogP contribution in [0.4, 0.5) is 5.69 Å². The maximum absolute atomic E-state index is 3.52. The number of nitrogens with one attached hydrogen (secondary N) is 1. The monoisotopic (exact) mass is 290 g/mol. The second-order valence-corrected chi connectivity index (χ2v) is 6.43. The van der Waals surface area contributed by atoms with Crippen LogP contribution in [0.5, 0.6) is 0 Å². The van der Waals surface area contributed by atoms with Gasteiger partial charge in [-0.3, -0.25) is 0 Å². The smallest absolute Gasteiger partial charge is 0.0366 e. The van der Waals surface area contributed by atoms with E-state index >= 15 is 0 Å². The minimum absolute atomic E-state index is 0.762. The van der Waals surface area contributed by atoms with E-state index in [1.165, 1.54) is 50.0 Å². The summed E-state index contributed by atoms with van der Waals surface area (Å²) in [5, 5.41) is 3.52. The number of hydrogen-bond acceptors (Lipinski definition) is 2. The normalized spacial score (nSPS) is 11.1. The standard InChI is InChI=1S/C19H34N2/c1-5-21(19-12-10-18(4)11-13-19)15-9-7-6-8-14-20-16-17(2)3/h10-13,17,20H,5-9,14-16H2,1-4H3. The maximum Gasteiger partial charge on any atom is 0.0366 e. The van der Waals surface area contributed by atoms with Crippen molar-refractivity contribution < 1.29 is 0 Å². The van der Waals surface area contributed by atoms with Gasteiger partial charge in [-0.15, -0.1) is 0 Å². The molecule has 0 saturated heterocycles. The van der Waals surface area contributed by atoms with Gasteiger partial charge in [0.25, 0.3) is 0 Å². The molecule has 1 N–H and O–H groups in total. The number of aryl methyl sites for hydroxylation is 1. The van der Waals surface area contributed by atoms with Crippen molar-refractivity contribution in [2.75, 3.05) is 31.1 Å². The molecular weight excluding hydrogens is 256 g/mol. The summed E-state index contributed by atoms with van der Waals surface area (Å²) in [6.07, 6.45) is 5.29. The van der Waals surface area contributed by atoms with Crippen molar-refractivity contribution >= 4 is 5.69 Å². The van der Waals surface area contributed by atoms with Gasteiger partial charge in [-0.2, -0.15) is 0 Å². The third kappa shape index (κ3) is 8.11. The van der Waals surface area contributed by atoms with Gasteiger partial charge in [0.05, 0.1) is 0 Å². The van der Waals surface area contributed by atoms with Gasteiger partial charge in [-0.25, -0.2) is 0 Å². The first kappa shape index (κ1) is 18.0. The largest absolute Gasteiger partial charge is 0.372 e. The van der Waals surface area contributed by atoms with E-state index in [0.717, 1.165) is 19.0 Å². The predicted octanol–water partition coefficient (Wildman–Crippen LogP) is 4.63. The Balaban J connectivity index is 2.11. The minimum atomic E-state index is 0.762. The molecule has 2 heteroatoms. The molecular formula is C19H34N2. The number of anilines is 1. The molecule has 0 aliphatic heterocycles. The lowest BCUT2D eigenvalue weighted by atomic mass is 10.1. The molecule has 0 aliphatic carbocycles. The van der Waals surface area contributed by atoms with Crippen molar-refractivity contribution in [2.45, 2.75) is 53.4 Å². The summed E-state index contributed by atoms with van der Waals surface area (Å²) in [6, 6.07) is 8.90. The van der Waals surface area contributed by atoms with Crippen molar-refractivity contribution in [1.82, 2.24) is 5.32 Å². The molecule has 1 aromatic rings. The van der Waals surface area contributed by atoms with Gasteiger partial charge in [0.1, 0.15) is 0 Å². The minimum Gasteiger partial charge on any atom is -0.372 e. The highest BCUT2D eigenvalue weighted by Gasteiger charge is 2.03. The van der Waals surface area contributed by atoms with Crippen LogP contribution in [0.25, 0.3) is 0 Å². The molecule has 0 fully saturated rings. The van der Waals surface area contributed by atoms with Gasteiger partial charge in [0.2, 0.25) is 0 Å². The number of rotatable bonds is 11. The van der Waals surface area contributed by atoms with Crippen LogP contribution < -0.4 is 10.2 Å². The molecule has 0 atom stereocenters. The van der Waals surface area contributed by atoms with E-state index in [1.54, 1.807) is 0 Å². The number of hydrogen-bond donors (Lipinski definition) is 1. The van der Waals surface area contributed by atoms with E-state index in [1.807, 2.05) is 0 Å². The number of unbranched alkanes of at least 4 members (excludes halogenated alkanes) is 3. The Hall–Kier alpha value is -1.02. The SMILES string of the molecule is CCN(CCCCCCNCC(C)C)c1ccc(C)cc1. The topological polar surface area (TPSA) is 15.3 Å². The third-order valence-corrected chi connectivity index (χ3v) is 3.87. The fourth-order valence-corrected chi connectivity index (χ4v) is 2.52. The molecule has 120 valence electrons. The zero-order chi connectivity index (χ0) is 15.5. The van der Waals surface area contributed by atoms with E-state index in [9.17, 15) is 0 Å². The summed E-state index contributed by atoms with van der Waals surface area (Å²) in [5.74, 6) is 0.762. The molecule has 0 amide bonds. The first-order valence-electron chi connectivity index (χ1n) is 8.65. The third-order valence-electron chi connectivity index (χ3n) is 3.87. The van der Waals surface area contributed by atoms with Crippen molar-refractivity contribution in [3.05, 3.63) is 29.8 Å². The fourth-order valence-electron chi connectivity index (χ4n) is 2.52. The molecule has 0 heterocycles. The van der Waals surface area contributed by atoms with Gasteiger partial charge < -0.3 is 10.2 Å². The summed E-state index contributed by atoms with van der Waals surface area (Å²) in [4.78, 5) is 2.48. The van der Waals surface area contributed by atoms with Crippen LogP contribution in [0.15, 0.2) is 24.3 Å². The predicted molar refractivity (Wildman–Crippen MR) is 95.2 cm³/mol. The summed E-state index contributed by atoms with van der Waals surface area (Å²) in [5.41, 5.74) is 2.70. The quantitative estimate of drug-likeness (QED) is 0.598. The molecule has 0 radical (unpaired) electrons. The van der Waals surface area contributed by atoms with Gasteiger partial charge in [-0.1, -0.05) is 44.4 Å². The molecule has 0 aromatic heterocycles. The van der Waals surface area contributed by atoms with Crippen molar-refractivity contribution in [3.63, 3.8) is 0 Å². The van der Waals surface area contributed by atoms with Gasteiger partial charge >= 0.3 is 0 Å². The molecule has 0 saturated carbocycles. The lowest BCUT2D eigenvalue weighted by Gasteiger charge is -2.23. The summed E-state index contributed by atoms with van der Waals surface area (Å²) < 4.78 is 0. The Morgan fingerprint density at radius 3 is 2.29 bits per heavy atom. The van der Waals surface area contributed by atoms with Crippen molar-refractivity contribution in [2.24, 2.45) is 5.92 Å². The van der Waals surface area contributed by atoms with E-state index in [-0.39, 0.29) is 0 Å². The fraction of sp³-hybridized carbons (Fsp3) is 0.684. The number of benzene rings is 1. The van der Waals surface area contributed by atoms with Gasteiger partial charge in [0.15, 0.2) is 0 Å². The molecule has 21 heavy (non-hydrogen) atoms. The molecule has 0 unspecified atom stereocenters. The van der Waals surface area contributed by atoms with Crippen LogP contribution >= 0.6 is 0 Å². The zero-order valence-electron chi connectivity index (χ0n) is 14.5. The highest BCUT2D eigenvalue weighted by atomic mass is 15.1. The number of nitrogens with zero attached hydrogens (tertiary/aromatic N) is 1. The van der Waals surface area contributed by atoms with Crippen LogP contribution in [-0.2, 0) is 0 Å². The second-order valence-electron chi connectivity index (χ2n) is 6.43. The molecule has 0 aliphatic rings. The van der Waals surface area contributed by atoms with E-state index in [2.05, 4.69) is 62.2 Å². The van der Waals surface area contributed by atoms with Crippen LogP contribution in [-0.4, -0.2) is 26.2 Å². The van der Waals surface area contributed by atoms with Crippen LogP contribution in [0.1, 0.15) is 52.0 Å². The lowest BCUT2D eigenvalue weighted by Crippen LogP contribution is -2.24. The zero-order valence-corrected chi connectivity index (χ0v) is 14.5. The molecule has 1 rings (SSSR count). The molecule has 0 spiro atoms. The van der Waals surface area contributed by atoms with E-state index < -0.39 is 0 Å². The van der Waals surface area contributed by atoms with Crippen LogP contribution in [0.2, 0.25) is 0 Å². The van der Waals surface area contributed by atoms with Crippen molar-refractivity contribution in [1.29, 1.82) is 0 Å². The summed E-state index contributed by atoms with van der Waals surface area (Å²) in [6.45, 7) is 13.5. The average molecular weight is 290 g/mol. The Bertz CT molecular complexity index is 356. The Morgan fingerprint density at radius 2 is 1.67 bits per heavy atom. The average Bonchev–Trinajstić information content (AvgIpc) is 2.47. The molecule has 1 aromatic carbocycles. The Morgan fingerprint density at radius 1 is 1.00 bits per heavy atom. The molecule has 0 bridgehead atoms. The van der Waals surface area contributed by atoms with Gasteiger partial charge in [0, 0.05) is 18.8 Å². The Labute approximate surface area is 131 Å². The van der Waals surface area contributed by atoms with E-state index in [0.29, 0.717) is 0 Å². The lowest BCUT2D eigenvalue weighted by molar-refractivity contribution is 0.525. The second kappa shape index (κ2) is 10.7. The van der Waals surface area contributed by atoms with Crippen molar-refractivity contribution in [3.8, 4) is 0 Å². The first-order chi connectivity index (χ1) is 10.1. The Kier molecular flexibility index (Phi) is 9.16. The van der Waals surface area contributed by atoms with E-state index in [4.69, 9.17) is 0 Å². The van der Waals surface area contributed by atoms with Gasteiger partial charge in [-0.05, 0) is 57.8 Å². The summed E-state index contributed by atoms with van der Waals surface area (Å²) in [7, 11) is 0. The summed E-state index contributed by atoms with van der Waals surface area (Å²) >= 11 is 0. The first-order valence-corrected chi connectivity index (χ1v) is 8.65. The highest BCUT2D eigenvalue weighted by molar-refractivity contribution is 5.47. The maximum atomic E-state index is 3.52. The highest BCUT2D eigenvalue weighted by Crippen LogP contribution is 2.15. The molecule has 2 nitrogen and oxygen atoms in total. The van der Waals surface area contributed by atoms with Crippen LogP contribution in [0.3, 0.4) is 0 Å².